The molecule has 0 aliphatic heterocycles. The van der Waals surface area contributed by atoms with Crippen molar-refractivity contribution in [2.45, 2.75) is 18.1 Å². The van der Waals surface area contributed by atoms with E-state index >= 15 is 0 Å². The van der Waals surface area contributed by atoms with Gasteiger partial charge in [-0.2, -0.15) is 0 Å². The molecule has 0 heterocycles. The molecule has 0 bridgehead atoms. The van der Waals surface area contributed by atoms with Crippen LogP contribution in [0.3, 0.4) is 0 Å². The lowest BCUT2D eigenvalue weighted by molar-refractivity contribution is 0.0931. The van der Waals surface area contributed by atoms with Gasteiger partial charge in [0.15, 0.2) is 5.67 Å². The van der Waals surface area contributed by atoms with E-state index in [1.54, 1.807) is 12.1 Å². The van der Waals surface area contributed by atoms with Gasteiger partial charge in [-0.25, -0.2) is 13.2 Å². The number of alkyl halides is 1. The Morgan fingerprint density at radius 1 is 1.14 bits per heavy atom. The molecule has 0 aromatic heterocycles. The van der Waals surface area contributed by atoms with Crippen LogP contribution in [-0.4, -0.2) is 11.9 Å². The molecule has 0 saturated heterocycles. The smallest absolute Gasteiger partial charge is 0.257 e. The summed E-state index contributed by atoms with van der Waals surface area (Å²) in [5, 5.41) is 2.80. The fourth-order valence-electron chi connectivity index (χ4n) is 2.39. The third-order valence-corrected chi connectivity index (χ3v) is 3.96. The highest BCUT2D eigenvalue weighted by atomic mass is 35.5. The normalized spacial score (nSPS) is 23.2. The Bertz CT molecular complexity index is 714. The highest BCUT2D eigenvalue weighted by Crippen LogP contribution is 2.50. The van der Waals surface area contributed by atoms with E-state index in [0.29, 0.717) is 10.6 Å². The fourth-order valence-corrected chi connectivity index (χ4v) is 2.52. The van der Waals surface area contributed by atoms with E-state index in [1.165, 1.54) is 12.1 Å². The number of benzene rings is 2. The first kappa shape index (κ1) is 14.9. The second-order valence-corrected chi connectivity index (χ2v) is 5.63. The van der Waals surface area contributed by atoms with Gasteiger partial charge in [-0.1, -0.05) is 29.8 Å². The average Bonchev–Trinajstić information content (AvgIpc) is 3.10. The van der Waals surface area contributed by atoms with Gasteiger partial charge in [0.25, 0.3) is 5.91 Å². The summed E-state index contributed by atoms with van der Waals surface area (Å²) in [4.78, 5) is 11.9. The van der Waals surface area contributed by atoms with Crippen LogP contribution in [0.4, 0.5) is 13.2 Å². The maximum absolute atomic E-state index is 14.7. The van der Waals surface area contributed by atoms with Crippen molar-refractivity contribution in [3.05, 3.63) is 70.2 Å². The minimum Gasteiger partial charge on any atom is -0.345 e. The number of rotatable bonds is 3. The Balaban J connectivity index is 1.76. The molecular weight excluding hydrogens is 315 g/mol. The van der Waals surface area contributed by atoms with Crippen molar-refractivity contribution in [3.8, 4) is 0 Å². The molecule has 1 N–H and O–H groups in total. The second kappa shape index (κ2) is 5.32. The van der Waals surface area contributed by atoms with Gasteiger partial charge in [-0.15, -0.1) is 0 Å². The van der Waals surface area contributed by atoms with Crippen LogP contribution in [0.2, 0.25) is 5.02 Å². The molecule has 1 saturated carbocycles. The monoisotopic (exact) mass is 325 g/mol. The first-order chi connectivity index (χ1) is 10.4. The Labute approximate surface area is 129 Å². The summed E-state index contributed by atoms with van der Waals surface area (Å²) in [6.45, 7) is 0. The molecule has 0 unspecified atom stereocenters. The summed E-state index contributed by atoms with van der Waals surface area (Å²) in [6.07, 6.45) is 0.0520. The topological polar surface area (TPSA) is 29.1 Å². The molecule has 3 rings (SSSR count). The molecule has 2 aromatic rings. The molecule has 0 radical (unpaired) electrons. The van der Waals surface area contributed by atoms with Gasteiger partial charge in [-0.05, 0) is 29.8 Å². The number of carbonyl (C=O) groups excluding carboxylic acids is 1. The molecule has 2 nitrogen and oxygen atoms in total. The third-order valence-electron chi connectivity index (χ3n) is 3.71. The van der Waals surface area contributed by atoms with Gasteiger partial charge in [0.2, 0.25) is 0 Å². The number of halogens is 4. The maximum Gasteiger partial charge on any atom is 0.257 e. The molecule has 2 aromatic carbocycles. The quantitative estimate of drug-likeness (QED) is 0.908. The highest BCUT2D eigenvalue weighted by molar-refractivity contribution is 6.30. The van der Waals surface area contributed by atoms with Gasteiger partial charge < -0.3 is 5.32 Å². The van der Waals surface area contributed by atoms with Crippen LogP contribution < -0.4 is 5.32 Å². The van der Waals surface area contributed by atoms with Gasteiger partial charge >= 0.3 is 0 Å². The van der Waals surface area contributed by atoms with Gasteiger partial charge in [0.05, 0.1) is 6.04 Å². The van der Waals surface area contributed by atoms with Crippen molar-refractivity contribution in [3.63, 3.8) is 0 Å². The summed E-state index contributed by atoms with van der Waals surface area (Å²) in [6, 6.07) is 8.44. The van der Waals surface area contributed by atoms with E-state index in [9.17, 15) is 18.0 Å². The van der Waals surface area contributed by atoms with E-state index in [0.717, 1.165) is 18.2 Å². The number of nitrogens with one attached hydrogen (secondary N) is 1. The molecule has 2 atom stereocenters. The summed E-state index contributed by atoms with van der Waals surface area (Å²) in [7, 11) is 0. The van der Waals surface area contributed by atoms with Crippen LogP contribution in [0.5, 0.6) is 0 Å². The van der Waals surface area contributed by atoms with E-state index in [2.05, 4.69) is 5.32 Å². The molecule has 1 amide bonds. The van der Waals surface area contributed by atoms with Gasteiger partial charge in [-0.3, -0.25) is 4.79 Å². The standard InChI is InChI=1S/C16H11ClF3NO/c17-10-6-4-9(5-7-10)16(20)8-13(16)21-15(22)14-11(18)2-1-3-12(14)19/h1-7,13H,8H2,(H,21,22)/t13-,16-/m1/s1. The Hall–Kier alpha value is -2.01. The first-order valence-electron chi connectivity index (χ1n) is 6.61. The Morgan fingerprint density at radius 3 is 2.32 bits per heavy atom. The van der Waals surface area contributed by atoms with E-state index in [4.69, 9.17) is 11.6 Å². The SMILES string of the molecule is O=C(N[C@@H]1C[C@@]1(F)c1ccc(Cl)cc1)c1c(F)cccc1F. The summed E-state index contributed by atoms with van der Waals surface area (Å²) < 4.78 is 41.7. The molecule has 6 heteroatoms. The van der Waals surface area contributed by atoms with Crippen LogP contribution in [-0.2, 0) is 5.67 Å². The minimum absolute atomic E-state index is 0.0520. The predicted molar refractivity (Wildman–Crippen MR) is 76.5 cm³/mol. The van der Waals surface area contributed by atoms with Gasteiger partial charge in [0, 0.05) is 11.4 Å². The third kappa shape index (κ3) is 2.57. The number of hydrogen-bond donors (Lipinski definition) is 1. The zero-order valence-electron chi connectivity index (χ0n) is 11.2. The van der Waals surface area contributed by atoms with E-state index in [1.807, 2.05) is 0 Å². The largest absolute Gasteiger partial charge is 0.345 e. The lowest BCUT2D eigenvalue weighted by Gasteiger charge is -2.10. The van der Waals surface area contributed by atoms with Crippen LogP contribution in [0.1, 0.15) is 22.3 Å². The number of amides is 1. The van der Waals surface area contributed by atoms with Crippen molar-refractivity contribution < 1.29 is 18.0 Å². The minimum atomic E-state index is -1.73. The lowest BCUT2D eigenvalue weighted by atomic mass is 10.1. The number of carbonyl (C=O) groups is 1. The summed E-state index contributed by atoms with van der Waals surface area (Å²) in [5.41, 5.74) is -2.06. The molecule has 1 aliphatic rings. The molecule has 1 fully saturated rings. The fraction of sp³-hybridized carbons (Fsp3) is 0.188. The highest BCUT2D eigenvalue weighted by Gasteiger charge is 2.57. The molecule has 0 spiro atoms. The van der Waals surface area contributed by atoms with Crippen molar-refractivity contribution in [2.24, 2.45) is 0 Å². The van der Waals surface area contributed by atoms with Crippen molar-refractivity contribution in [1.29, 1.82) is 0 Å². The number of hydrogen-bond acceptors (Lipinski definition) is 1. The maximum atomic E-state index is 14.7. The Kier molecular flexibility index (Phi) is 3.60. The van der Waals surface area contributed by atoms with Crippen LogP contribution >= 0.6 is 11.6 Å². The molecular formula is C16H11ClF3NO. The Morgan fingerprint density at radius 2 is 1.73 bits per heavy atom. The zero-order valence-corrected chi connectivity index (χ0v) is 12.0. The first-order valence-corrected chi connectivity index (χ1v) is 6.99. The van der Waals surface area contributed by atoms with E-state index in [-0.39, 0.29) is 6.42 Å². The molecule has 22 heavy (non-hydrogen) atoms. The lowest BCUT2D eigenvalue weighted by Crippen LogP contribution is -2.31. The van der Waals surface area contributed by atoms with Crippen molar-refractivity contribution in [1.82, 2.24) is 5.32 Å². The van der Waals surface area contributed by atoms with Crippen LogP contribution in [0.15, 0.2) is 42.5 Å². The zero-order chi connectivity index (χ0) is 15.9. The predicted octanol–water partition coefficient (Wildman–Crippen LogP) is 3.99. The summed E-state index contributed by atoms with van der Waals surface area (Å²) >= 11 is 5.74. The van der Waals surface area contributed by atoms with E-state index < -0.39 is 34.8 Å². The van der Waals surface area contributed by atoms with Crippen molar-refractivity contribution in [2.75, 3.05) is 0 Å². The average molecular weight is 326 g/mol. The summed E-state index contributed by atoms with van der Waals surface area (Å²) in [5.74, 6) is -2.92. The van der Waals surface area contributed by atoms with Crippen molar-refractivity contribution >= 4 is 17.5 Å². The van der Waals surface area contributed by atoms with Crippen LogP contribution in [0, 0.1) is 11.6 Å². The van der Waals surface area contributed by atoms with Crippen LogP contribution in [0.25, 0.3) is 0 Å². The molecule has 114 valence electrons. The molecule has 1 aliphatic carbocycles. The van der Waals surface area contributed by atoms with Gasteiger partial charge in [0.1, 0.15) is 17.2 Å². The second-order valence-electron chi connectivity index (χ2n) is 5.20.